The molecule has 7 unspecified atom stereocenters. The van der Waals surface area contributed by atoms with E-state index in [9.17, 15) is 0 Å². The van der Waals surface area contributed by atoms with Crippen molar-refractivity contribution in [3.8, 4) is 11.3 Å². The second-order valence-electron chi connectivity index (χ2n) is 10.9. The van der Waals surface area contributed by atoms with Crippen molar-refractivity contribution >= 4 is 0 Å². The first-order chi connectivity index (χ1) is 13.3. The summed E-state index contributed by atoms with van der Waals surface area (Å²) >= 11 is 0. The second-order valence-corrected chi connectivity index (χ2v) is 10.9. The van der Waals surface area contributed by atoms with Gasteiger partial charge < -0.3 is 0 Å². The van der Waals surface area contributed by atoms with Crippen LogP contribution in [0.2, 0.25) is 0 Å². The van der Waals surface area contributed by atoms with E-state index in [0.717, 1.165) is 40.9 Å². The molecule has 2 aromatic rings. The first-order valence-corrected chi connectivity index (χ1v) is 11.4. The van der Waals surface area contributed by atoms with E-state index in [2.05, 4.69) is 30.5 Å². The van der Waals surface area contributed by atoms with E-state index in [1.54, 1.807) is 28.7 Å². The molecule has 1 spiro atoms. The SMILES string of the molecule is c1cc2c(cc1-c1cc3c(cn1)C1CCC3C1)C1CC3CC4CC2CC43C1. The van der Waals surface area contributed by atoms with Crippen molar-refractivity contribution in [3.05, 3.63) is 52.7 Å². The number of fused-ring (bicyclic) bond motifs is 10. The third kappa shape index (κ3) is 1.60. The van der Waals surface area contributed by atoms with Crippen LogP contribution in [0.15, 0.2) is 30.5 Å². The first kappa shape index (κ1) is 14.4. The number of nitrogens with zero attached hydrogens (tertiary/aromatic N) is 1. The maximum Gasteiger partial charge on any atom is 0.0705 e. The summed E-state index contributed by atoms with van der Waals surface area (Å²) < 4.78 is 0. The molecule has 5 bridgehead atoms. The lowest BCUT2D eigenvalue weighted by molar-refractivity contribution is 0.00322. The molecule has 1 heteroatoms. The molecular formula is C26H27N. The predicted molar refractivity (Wildman–Crippen MR) is 107 cm³/mol. The molecule has 4 saturated carbocycles. The quantitative estimate of drug-likeness (QED) is 0.570. The van der Waals surface area contributed by atoms with Gasteiger partial charge in [-0.05, 0) is 127 Å². The van der Waals surface area contributed by atoms with E-state index in [4.69, 9.17) is 4.98 Å². The highest BCUT2D eigenvalue weighted by molar-refractivity contribution is 5.64. The average Bonchev–Trinajstić information content (AvgIpc) is 3.43. The summed E-state index contributed by atoms with van der Waals surface area (Å²) in [5.41, 5.74) is 10.0. The van der Waals surface area contributed by atoms with Crippen molar-refractivity contribution in [2.75, 3.05) is 0 Å². The summed E-state index contributed by atoms with van der Waals surface area (Å²) in [4.78, 5) is 4.94. The fraction of sp³-hybridized carbons (Fsp3) is 0.577. The van der Waals surface area contributed by atoms with Gasteiger partial charge in [-0.3, -0.25) is 4.98 Å². The molecule has 6 aliphatic carbocycles. The summed E-state index contributed by atoms with van der Waals surface area (Å²) in [7, 11) is 0. The number of aromatic nitrogens is 1. The van der Waals surface area contributed by atoms with Crippen molar-refractivity contribution < 1.29 is 0 Å². The van der Waals surface area contributed by atoms with Crippen molar-refractivity contribution in [1.29, 1.82) is 0 Å². The van der Waals surface area contributed by atoms with Crippen LogP contribution in [0.25, 0.3) is 11.3 Å². The van der Waals surface area contributed by atoms with Crippen LogP contribution in [0.5, 0.6) is 0 Å². The molecule has 27 heavy (non-hydrogen) atoms. The van der Waals surface area contributed by atoms with Crippen LogP contribution in [0.4, 0.5) is 0 Å². The molecule has 7 atom stereocenters. The number of benzene rings is 1. The highest BCUT2D eigenvalue weighted by Crippen LogP contribution is 2.76. The molecule has 6 aliphatic rings. The van der Waals surface area contributed by atoms with Gasteiger partial charge in [-0.25, -0.2) is 0 Å². The number of hydrogen-bond acceptors (Lipinski definition) is 1. The standard InChI is InChI=1S/C26H27N/c1-2-15-5-14(1)23-10-25(27-13-24(15)23)16-3-4-21-17-6-19-9-20-7-18(22(21)8-16)12-26(19,20)11-17/h3-4,8,10,13-15,17-20H,1-2,5-7,9,11-12H2. The van der Waals surface area contributed by atoms with Crippen molar-refractivity contribution in [2.45, 2.75) is 75.0 Å². The highest BCUT2D eigenvalue weighted by Gasteiger charge is 2.65. The van der Waals surface area contributed by atoms with Gasteiger partial charge in [0.15, 0.2) is 0 Å². The molecule has 0 radical (unpaired) electrons. The minimum absolute atomic E-state index is 0.763. The largest absolute Gasteiger partial charge is 0.256 e. The Morgan fingerprint density at radius 1 is 0.704 bits per heavy atom. The van der Waals surface area contributed by atoms with Gasteiger partial charge in [0, 0.05) is 11.8 Å². The highest BCUT2D eigenvalue weighted by atomic mass is 14.7. The third-order valence-electron chi connectivity index (χ3n) is 10.1. The lowest BCUT2D eigenvalue weighted by Crippen LogP contribution is -2.41. The smallest absolute Gasteiger partial charge is 0.0705 e. The van der Waals surface area contributed by atoms with E-state index >= 15 is 0 Å². The lowest BCUT2D eigenvalue weighted by atomic mass is 9.56. The molecule has 8 rings (SSSR count). The van der Waals surface area contributed by atoms with E-state index in [0.29, 0.717) is 0 Å². The molecule has 0 amide bonds. The maximum atomic E-state index is 4.94. The summed E-state index contributed by atoms with van der Waals surface area (Å²) in [5, 5.41) is 0. The molecular weight excluding hydrogens is 326 g/mol. The Kier molecular flexibility index (Phi) is 2.40. The first-order valence-electron chi connectivity index (χ1n) is 11.4. The van der Waals surface area contributed by atoms with E-state index < -0.39 is 0 Å². The minimum Gasteiger partial charge on any atom is -0.256 e. The Morgan fingerprint density at radius 3 is 2.30 bits per heavy atom. The van der Waals surface area contributed by atoms with Gasteiger partial charge in [-0.1, -0.05) is 12.1 Å². The second kappa shape index (κ2) is 4.50. The molecule has 1 aromatic carbocycles. The number of rotatable bonds is 1. The van der Waals surface area contributed by atoms with Crippen molar-refractivity contribution in [3.63, 3.8) is 0 Å². The Hall–Kier alpha value is -1.63. The molecule has 0 N–H and O–H groups in total. The fourth-order valence-electron chi connectivity index (χ4n) is 8.98. The van der Waals surface area contributed by atoms with Crippen molar-refractivity contribution in [2.24, 2.45) is 17.3 Å². The monoisotopic (exact) mass is 353 g/mol. The topological polar surface area (TPSA) is 12.9 Å². The summed E-state index contributed by atoms with van der Waals surface area (Å²) in [6, 6.07) is 9.93. The van der Waals surface area contributed by atoms with Gasteiger partial charge in [0.2, 0.25) is 0 Å². The number of pyridine rings is 1. The predicted octanol–water partition coefficient (Wildman–Crippen LogP) is 6.50. The summed E-state index contributed by atoms with van der Waals surface area (Å²) in [5.74, 6) is 5.46. The Bertz CT molecular complexity index is 1010. The minimum atomic E-state index is 0.763. The van der Waals surface area contributed by atoms with Gasteiger partial charge >= 0.3 is 0 Å². The van der Waals surface area contributed by atoms with Crippen LogP contribution >= 0.6 is 0 Å². The van der Waals surface area contributed by atoms with Gasteiger partial charge in [0.05, 0.1) is 5.69 Å². The van der Waals surface area contributed by atoms with Crippen LogP contribution in [-0.4, -0.2) is 4.98 Å². The summed E-state index contributed by atoms with van der Waals surface area (Å²) in [6.07, 6.45) is 13.9. The molecule has 0 saturated heterocycles. The molecule has 1 heterocycles. The van der Waals surface area contributed by atoms with Gasteiger partial charge in [0.1, 0.15) is 0 Å². The Balaban J connectivity index is 1.25. The van der Waals surface area contributed by atoms with Crippen LogP contribution in [-0.2, 0) is 0 Å². The third-order valence-corrected chi connectivity index (χ3v) is 10.1. The van der Waals surface area contributed by atoms with Gasteiger partial charge in [-0.2, -0.15) is 0 Å². The van der Waals surface area contributed by atoms with Gasteiger partial charge in [0.25, 0.3) is 0 Å². The normalized spacial score (nSPS) is 44.0. The molecule has 136 valence electrons. The van der Waals surface area contributed by atoms with E-state index in [1.807, 2.05) is 0 Å². The molecule has 4 fully saturated rings. The van der Waals surface area contributed by atoms with Crippen LogP contribution in [0, 0.1) is 17.3 Å². The van der Waals surface area contributed by atoms with Crippen LogP contribution in [0.3, 0.4) is 0 Å². The average molecular weight is 354 g/mol. The zero-order valence-electron chi connectivity index (χ0n) is 16.0. The molecule has 1 aromatic heterocycles. The summed E-state index contributed by atoms with van der Waals surface area (Å²) in [6.45, 7) is 0. The van der Waals surface area contributed by atoms with Crippen molar-refractivity contribution in [1.82, 2.24) is 4.98 Å². The zero-order chi connectivity index (χ0) is 17.3. The Labute approximate surface area is 161 Å². The molecule has 0 aliphatic heterocycles. The van der Waals surface area contributed by atoms with Crippen LogP contribution in [0.1, 0.15) is 97.3 Å². The van der Waals surface area contributed by atoms with E-state index in [-0.39, 0.29) is 0 Å². The van der Waals surface area contributed by atoms with Gasteiger partial charge in [-0.15, -0.1) is 0 Å². The number of hydrogen-bond donors (Lipinski definition) is 0. The zero-order valence-corrected chi connectivity index (χ0v) is 16.0. The lowest BCUT2D eigenvalue weighted by Gasteiger charge is -2.48. The van der Waals surface area contributed by atoms with E-state index in [1.165, 1.54) is 56.2 Å². The maximum absolute atomic E-state index is 4.94. The van der Waals surface area contributed by atoms with Crippen LogP contribution < -0.4 is 0 Å². The Morgan fingerprint density at radius 2 is 1.44 bits per heavy atom. The fourth-order valence-corrected chi connectivity index (χ4v) is 8.98. The molecule has 1 nitrogen and oxygen atoms in total.